The van der Waals surface area contributed by atoms with Crippen LogP contribution >= 0.6 is 0 Å². The lowest BCUT2D eigenvalue weighted by molar-refractivity contribution is -0.117. The van der Waals surface area contributed by atoms with Crippen molar-refractivity contribution < 1.29 is 14.3 Å². The van der Waals surface area contributed by atoms with Gasteiger partial charge in [-0.3, -0.25) is 14.6 Å². The summed E-state index contributed by atoms with van der Waals surface area (Å²) in [4.78, 5) is 19.9. The third-order valence-electron chi connectivity index (χ3n) is 7.07. The number of fused-ring (bicyclic) bond motifs is 1. The number of nitrogens with zero attached hydrogens (tertiary/aromatic N) is 3. The Labute approximate surface area is 179 Å². The van der Waals surface area contributed by atoms with Crippen LogP contribution in [0.5, 0.6) is 11.5 Å². The molecule has 1 amide bonds. The van der Waals surface area contributed by atoms with Crippen LogP contribution in [0.25, 0.3) is 0 Å². The first kappa shape index (κ1) is 20.1. The molecule has 1 saturated carbocycles. The van der Waals surface area contributed by atoms with Gasteiger partial charge in [-0.15, -0.1) is 0 Å². The van der Waals surface area contributed by atoms with Crippen molar-refractivity contribution in [1.82, 2.24) is 14.7 Å². The number of rotatable bonds is 4. The monoisotopic (exact) mass is 414 g/mol. The van der Waals surface area contributed by atoms with Gasteiger partial charge in [0.15, 0.2) is 11.5 Å². The number of hydrogen-bond donors (Lipinski definition) is 1. The number of piperidine rings is 1. The van der Waals surface area contributed by atoms with Crippen molar-refractivity contribution in [1.29, 1.82) is 0 Å². The fraction of sp³-hybridized carbons (Fsp3) is 0.696. The Morgan fingerprint density at radius 1 is 1.07 bits per heavy atom. The third kappa shape index (κ3) is 4.29. The number of likely N-dealkylation sites (N-methyl/N-ethyl adjacent to an activating group) is 1. The van der Waals surface area contributed by atoms with Gasteiger partial charge in [-0.1, -0.05) is 0 Å². The molecule has 1 unspecified atom stereocenters. The summed E-state index contributed by atoms with van der Waals surface area (Å²) in [5, 5.41) is 3.04. The van der Waals surface area contributed by atoms with Gasteiger partial charge < -0.3 is 19.7 Å². The highest BCUT2D eigenvalue weighted by Crippen LogP contribution is 2.47. The van der Waals surface area contributed by atoms with Crippen molar-refractivity contribution in [3.63, 3.8) is 0 Å². The summed E-state index contributed by atoms with van der Waals surface area (Å²) in [7, 11) is 2.22. The molecule has 1 spiro atoms. The normalized spacial score (nSPS) is 26.9. The molecule has 3 heterocycles. The number of carbonyl (C=O) groups is 1. The molecular formula is C23H34N4O3. The van der Waals surface area contributed by atoms with Gasteiger partial charge >= 0.3 is 0 Å². The molecule has 7 heteroatoms. The van der Waals surface area contributed by atoms with Gasteiger partial charge in [0.2, 0.25) is 5.91 Å². The van der Waals surface area contributed by atoms with E-state index in [4.69, 9.17) is 9.47 Å². The molecule has 7 nitrogen and oxygen atoms in total. The van der Waals surface area contributed by atoms with Crippen LogP contribution in [0.1, 0.15) is 38.5 Å². The van der Waals surface area contributed by atoms with Gasteiger partial charge in [-0.05, 0) is 51.4 Å². The second-order valence-electron chi connectivity index (χ2n) is 9.40. The smallest absolute Gasteiger partial charge is 0.251 e. The van der Waals surface area contributed by atoms with Crippen LogP contribution in [0.4, 0.5) is 5.69 Å². The van der Waals surface area contributed by atoms with Crippen molar-refractivity contribution in [2.24, 2.45) is 0 Å². The standard InChI is InChI=1S/C23H34N4O3/c1-25-10-4-5-19(16-25)27-13-11-26(12-14-27)17-22(28)24-18-6-7-20-21(15-18)30-23(29-20)8-2-3-9-23/h6-7,15,19H,2-5,8-14,16-17H2,1H3,(H,24,28). The summed E-state index contributed by atoms with van der Waals surface area (Å²) in [5.74, 6) is 1.12. The minimum Gasteiger partial charge on any atom is -0.448 e. The molecule has 1 aromatic rings. The van der Waals surface area contributed by atoms with Crippen LogP contribution in [0.15, 0.2) is 18.2 Å². The van der Waals surface area contributed by atoms with Crippen molar-refractivity contribution in [2.45, 2.75) is 50.4 Å². The molecule has 0 bridgehead atoms. The van der Waals surface area contributed by atoms with E-state index in [0.29, 0.717) is 12.6 Å². The molecule has 0 radical (unpaired) electrons. The molecule has 30 heavy (non-hydrogen) atoms. The average Bonchev–Trinajstić information content (AvgIpc) is 3.34. The van der Waals surface area contributed by atoms with E-state index in [-0.39, 0.29) is 5.91 Å². The largest absolute Gasteiger partial charge is 0.448 e. The lowest BCUT2D eigenvalue weighted by Gasteiger charge is -2.42. The van der Waals surface area contributed by atoms with Gasteiger partial charge in [-0.25, -0.2) is 0 Å². The zero-order chi connectivity index (χ0) is 20.6. The molecule has 3 fully saturated rings. The van der Waals surface area contributed by atoms with Crippen LogP contribution in [0, 0.1) is 0 Å². The number of ether oxygens (including phenoxy) is 2. The number of carbonyl (C=O) groups excluding carboxylic acids is 1. The van der Waals surface area contributed by atoms with Gasteiger partial charge in [-0.2, -0.15) is 0 Å². The summed E-state index contributed by atoms with van der Waals surface area (Å²) in [6.07, 6.45) is 6.75. The lowest BCUT2D eigenvalue weighted by Crippen LogP contribution is -2.55. The van der Waals surface area contributed by atoms with Crippen LogP contribution < -0.4 is 14.8 Å². The van der Waals surface area contributed by atoms with E-state index in [1.165, 1.54) is 25.9 Å². The van der Waals surface area contributed by atoms with E-state index in [2.05, 4.69) is 27.1 Å². The number of amides is 1. The molecule has 1 aliphatic carbocycles. The molecule has 0 aromatic heterocycles. The summed E-state index contributed by atoms with van der Waals surface area (Å²) in [5.41, 5.74) is 0.779. The zero-order valence-corrected chi connectivity index (χ0v) is 18.1. The number of hydrogen-bond acceptors (Lipinski definition) is 6. The summed E-state index contributed by atoms with van der Waals surface area (Å²) >= 11 is 0. The fourth-order valence-corrected chi connectivity index (χ4v) is 5.42. The van der Waals surface area contributed by atoms with Gasteiger partial charge in [0.05, 0.1) is 6.54 Å². The number of nitrogens with one attached hydrogen (secondary N) is 1. The van der Waals surface area contributed by atoms with Crippen LogP contribution in [-0.2, 0) is 4.79 Å². The Hall–Kier alpha value is -1.83. The lowest BCUT2D eigenvalue weighted by atomic mass is 10.0. The number of anilines is 1. The van der Waals surface area contributed by atoms with E-state index in [1.807, 2.05) is 18.2 Å². The highest BCUT2D eigenvalue weighted by molar-refractivity contribution is 5.92. The first-order chi connectivity index (χ1) is 14.6. The van der Waals surface area contributed by atoms with Crippen LogP contribution in [0.2, 0.25) is 0 Å². The highest BCUT2D eigenvalue weighted by atomic mass is 16.7. The third-order valence-corrected chi connectivity index (χ3v) is 7.07. The topological polar surface area (TPSA) is 57.3 Å². The van der Waals surface area contributed by atoms with Crippen molar-refractivity contribution in [2.75, 3.05) is 58.2 Å². The maximum Gasteiger partial charge on any atom is 0.251 e. The first-order valence-electron chi connectivity index (χ1n) is 11.6. The van der Waals surface area contributed by atoms with E-state index >= 15 is 0 Å². The Bertz CT molecular complexity index is 772. The minimum atomic E-state index is -0.461. The molecule has 1 N–H and O–H groups in total. The van der Waals surface area contributed by atoms with Crippen LogP contribution in [-0.4, -0.2) is 85.3 Å². The van der Waals surface area contributed by atoms with E-state index in [0.717, 1.165) is 69.0 Å². The first-order valence-corrected chi connectivity index (χ1v) is 11.6. The van der Waals surface area contributed by atoms with Crippen molar-refractivity contribution in [3.05, 3.63) is 18.2 Å². The Morgan fingerprint density at radius 2 is 1.83 bits per heavy atom. The van der Waals surface area contributed by atoms with Gasteiger partial charge in [0, 0.05) is 63.4 Å². The average molecular weight is 415 g/mol. The molecule has 2 saturated heterocycles. The SMILES string of the molecule is CN1CCCC(N2CCN(CC(=O)Nc3ccc4c(c3)OC3(CCCC3)O4)CC2)C1. The highest BCUT2D eigenvalue weighted by Gasteiger charge is 2.44. The summed E-state index contributed by atoms with van der Waals surface area (Å²) in [6.45, 7) is 6.85. The minimum absolute atomic E-state index is 0.0373. The van der Waals surface area contributed by atoms with Crippen LogP contribution in [0.3, 0.4) is 0 Å². The molecule has 1 atom stereocenters. The maximum absolute atomic E-state index is 12.6. The van der Waals surface area contributed by atoms with Gasteiger partial charge in [0.1, 0.15) is 0 Å². The number of likely N-dealkylation sites (tertiary alicyclic amines) is 1. The Balaban J connectivity index is 1.10. The van der Waals surface area contributed by atoms with E-state index in [9.17, 15) is 4.79 Å². The molecule has 5 rings (SSSR count). The fourth-order valence-electron chi connectivity index (χ4n) is 5.42. The molecule has 1 aromatic carbocycles. The molecular weight excluding hydrogens is 380 g/mol. The zero-order valence-electron chi connectivity index (χ0n) is 18.1. The number of piperazine rings is 1. The molecule has 3 aliphatic heterocycles. The predicted octanol–water partition coefficient (Wildman–Crippen LogP) is 2.38. The molecule has 4 aliphatic rings. The Morgan fingerprint density at radius 3 is 2.60 bits per heavy atom. The van der Waals surface area contributed by atoms with Crippen molar-refractivity contribution in [3.8, 4) is 11.5 Å². The summed E-state index contributed by atoms with van der Waals surface area (Å²) < 4.78 is 12.2. The number of benzene rings is 1. The van der Waals surface area contributed by atoms with Crippen molar-refractivity contribution >= 4 is 11.6 Å². The summed E-state index contributed by atoms with van der Waals surface area (Å²) in [6, 6.07) is 6.40. The van der Waals surface area contributed by atoms with E-state index < -0.39 is 5.79 Å². The molecule has 164 valence electrons. The quantitative estimate of drug-likeness (QED) is 0.817. The van der Waals surface area contributed by atoms with E-state index in [1.54, 1.807) is 0 Å². The predicted molar refractivity (Wildman–Crippen MR) is 116 cm³/mol. The second-order valence-corrected chi connectivity index (χ2v) is 9.40. The maximum atomic E-state index is 12.6. The van der Waals surface area contributed by atoms with Gasteiger partial charge in [0.25, 0.3) is 5.79 Å². The Kier molecular flexibility index (Phi) is 5.60. The second kappa shape index (κ2) is 8.36.